The van der Waals surface area contributed by atoms with E-state index in [-0.39, 0.29) is 17.7 Å². The van der Waals surface area contributed by atoms with Gasteiger partial charge >= 0.3 is 0 Å². The Labute approximate surface area is 188 Å². The standard InChI is InChI=1S/C22H24BrN3O3S/c1-14-13-15(5-6-16(14)20(28)26-11-2-3-12-26)24-21(29)22(9-4-10-22)25-19(27)17-7-8-18(23)30-17/h5-8,13H,2-4,9-12H2,1H3,(H,24,29)(H,25,27). The number of amides is 3. The summed E-state index contributed by atoms with van der Waals surface area (Å²) in [6.45, 7) is 3.49. The number of hydrogen-bond acceptors (Lipinski definition) is 4. The highest BCUT2D eigenvalue weighted by Crippen LogP contribution is 2.34. The van der Waals surface area contributed by atoms with Crippen LogP contribution in [0.3, 0.4) is 0 Å². The molecule has 1 aromatic heterocycles. The van der Waals surface area contributed by atoms with Gasteiger partial charge in [0.25, 0.3) is 11.8 Å². The van der Waals surface area contributed by atoms with Crippen LogP contribution in [0.25, 0.3) is 0 Å². The highest BCUT2D eigenvalue weighted by molar-refractivity contribution is 9.11. The first-order valence-electron chi connectivity index (χ1n) is 10.2. The van der Waals surface area contributed by atoms with Gasteiger partial charge in [-0.25, -0.2) is 0 Å². The molecule has 2 aliphatic rings. The maximum atomic E-state index is 13.0. The zero-order valence-electron chi connectivity index (χ0n) is 16.8. The summed E-state index contributed by atoms with van der Waals surface area (Å²) in [5.74, 6) is -0.397. The van der Waals surface area contributed by atoms with Gasteiger partial charge in [-0.2, -0.15) is 0 Å². The normalized spacial score (nSPS) is 17.3. The van der Waals surface area contributed by atoms with Gasteiger partial charge in [-0.1, -0.05) is 0 Å². The average molecular weight is 490 g/mol. The van der Waals surface area contributed by atoms with Gasteiger partial charge in [0.1, 0.15) is 5.54 Å². The van der Waals surface area contributed by atoms with Crippen molar-refractivity contribution >= 4 is 50.7 Å². The Bertz CT molecular complexity index is 993. The molecular formula is C22H24BrN3O3S. The highest BCUT2D eigenvalue weighted by atomic mass is 79.9. The molecule has 0 spiro atoms. The highest BCUT2D eigenvalue weighted by Gasteiger charge is 2.45. The van der Waals surface area contributed by atoms with Crippen LogP contribution < -0.4 is 10.6 Å². The van der Waals surface area contributed by atoms with E-state index in [4.69, 9.17) is 0 Å². The van der Waals surface area contributed by atoms with Crippen molar-refractivity contribution in [3.63, 3.8) is 0 Å². The topological polar surface area (TPSA) is 78.5 Å². The molecule has 2 heterocycles. The smallest absolute Gasteiger partial charge is 0.262 e. The summed E-state index contributed by atoms with van der Waals surface area (Å²) in [5, 5.41) is 5.88. The van der Waals surface area contributed by atoms with Gasteiger partial charge in [0.05, 0.1) is 8.66 Å². The Morgan fingerprint density at radius 3 is 2.37 bits per heavy atom. The Kier molecular flexibility index (Phi) is 5.97. The molecule has 2 fully saturated rings. The zero-order valence-corrected chi connectivity index (χ0v) is 19.2. The Balaban J connectivity index is 1.45. The van der Waals surface area contributed by atoms with Gasteiger partial charge in [0, 0.05) is 24.3 Å². The van der Waals surface area contributed by atoms with Gasteiger partial charge in [-0.05, 0) is 90.9 Å². The Morgan fingerprint density at radius 1 is 1.07 bits per heavy atom. The Hall–Kier alpha value is -2.19. The minimum absolute atomic E-state index is 0.0488. The number of nitrogens with one attached hydrogen (secondary N) is 2. The molecule has 2 N–H and O–H groups in total. The number of thiophene rings is 1. The molecule has 8 heteroatoms. The van der Waals surface area contributed by atoms with Crippen molar-refractivity contribution in [2.75, 3.05) is 18.4 Å². The summed E-state index contributed by atoms with van der Waals surface area (Å²) in [6, 6.07) is 8.93. The van der Waals surface area contributed by atoms with E-state index >= 15 is 0 Å². The van der Waals surface area contributed by atoms with Crippen LogP contribution in [0.5, 0.6) is 0 Å². The second-order valence-electron chi connectivity index (χ2n) is 7.98. The van der Waals surface area contributed by atoms with E-state index in [9.17, 15) is 14.4 Å². The van der Waals surface area contributed by atoms with E-state index in [1.165, 1.54) is 11.3 Å². The van der Waals surface area contributed by atoms with Crippen molar-refractivity contribution in [1.29, 1.82) is 0 Å². The molecule has 3 amide bonds. The van der Waals surface area contributed by atoms with Crippen LogP contribution in [-0.2, 0) is 4.79 Å². The Morgan fingerprint density at radius 2 is 1.80 bits per heavy atom. The third-order valence-electron chi connectivity index (χ3n) is 5.90. The number of nitrogens with zero attached hydrogens (tertiary/aromatic N) is 1. The van der Waals surface area contributed by atoms with Crippen LogP contribution in [-0.4, -0.2) is 41.2 Å². The second-order valence-corrected chi connectivity index (χ2v) is 10.4. The summed E-state index contributed by atoms with van der Waals surface area (Å²) >= 11 is 4.70. The number of rotatable bonds is 5. The molecule has 4 rings (SSSR count). The average Bonchev–Trinajstić information content (AvgIpc) is 3.36. The van der Waals surface area contributed by atoms with Crippen molar-refractivity contribution in [2.24, 2.45) is 0 Å². The van der Waals surface area contributed by atoms with Crippen LogP contribution in [0.4, 0.5) is 5.69 Å². The lowest BCUT2D eigenvalue weighted by Gasteiger charge is -2.40. The molecular weight excluding hydrogens is 466 g/mol. The minimum atomic E-state index is -0.883. The van der Waals surface area contributed by atoms with E-state index < -0.39 is 5.54 Å². The van der Waals surface area contributed by atoms with Crippen LogP contribution in [0.2, 0.25) is 0 Å². The maximum Gasteiger partial charge on any atom is 0.262 e. The van der Waals surface area contributed by atoms with Crippen LogP contribution in [0, 0.1) is 6.92 Å². The lowest BCUT2D eigenvalue weighted by Crippen LogP contribution is -2.61. The molecule has 158 valence electrons. The number of carbonyl (C=O) groups is 3. The molecule has 0 atom stereocenters. The van der Waals surface area contributed by atoms with Crippen LogP contribution in [0.1, 0.15) is 57.7 Å². The minimum Gasteiger partial charge on any atom is -0.339 e. The summed E-state index contributed by atoms with van der Waals surface area (Å²) in [6.07, 6.45) is 4.22. The number of carbonyl (C=O) groups excluding carboxylic acids is 3. The molecule has 2 aromatic rings. The third kappa shape index (κ3) is 4.16. The van der Waals surface area contributed by atoms with E-state index in [1.807, 2.05) is 24.0 Å². The summed E-state index contributed by atoms with van der Waals surface area (Å²) in [4.78, 5) is 40.7. The number of anilines is 1. The summed E-state index contributed by atoms with van der Waals surface area (Å²) in [7, 11) is 0. The molecule has 0 unspecified atom stereocenters. The van der Waals surface area contributed by atoms with Gasteiger partial charge < -0.3 is 15.5 Å². The van der Waals surface area contributed by atoms with Crippen molar-refractivity contribution in [1.82, 2.24) is 10.2 Å². The molecule has 1 aliphatic heterocycles. The number of halogens is 1. The molecule has 0 bridgehead atoms. The van der Waals surface area contributed by atoms with Crippen molar-refractivity contribution in [3.05, 3.63) is 50.1 Å². The zero-order chi connectivity index (χ0) is 21.3. The molecule has 0 radical (unpaired) electrons. The molecule has 1 saturated heterocycles. The predicted octanol–water partition coefficient (Wildman–Crippen LogP) is 4.35. The number of aryl methyl sites for hydroxylation is 1. The summed E-state index contributed by atoms with van der Waals surface area (Å²) in [5.41, 5.74) is 1.26. The lowest BCUT2D eigenvalue weighted by atomic mass is 9.75. The lowest BCUT2D eigenvalue weighted by molar-refractivity contribution is -0.125. The van der Waals surface area contributed by atoms with E-state index in [1.54, 1.807) is 18.2 Å². The first-order valence-corrected chi connectivity index (χ1v) is 11.8. The third-order valence-corrected chi connectivity index (χ3v) is 7.52. The van der Waals surface area contributed by atoms with Gasteiger partial charge in [0.15, 0.2) is 0 Å². The van der Waals surface area contributed by atoms with E-state index in [0.29, 0.717) is 29.0 Å². The van der Waals surface area contributed by atoms with Gasteiger partial charge in [0.2, 0.25) is 5.91 Å². The number of benzene rings is 1. The van der Waals surface area contributed by atoms with Gasteiger partial charge in [-0.3, -0.25) is 14.4 Å². The largest absolute Gasteiger partial charge is 0.339 e. The number of hydrogen-bond donors (Lipinski definition) is 2. The molecule has 30 heavy (non-hydrogen) atoms. The fourth-order valence-electron chi connectivity index (χ4n) is 3.98. The quantitative estimate of drug-likeness (QED) is 0.655. The van der Waals surface area contributed by atoms with Crippen molar-refractivity contribution in [3.8, 4) is 0 Å². The van der Waals surface area contributed by atoms with Gasteiger partial charge in [-0.15, -0.1) is 11.3 Å². The fraction of sp³-hybridized carbons (Fsp3) is 0.409. The predicted molar refractivity (Wildman–Crippen MR) is 121 cm³/mol. The monoisotopic (exact) mass is 489 g/mol. The molecule has 6 nitrogen and oxygen atoms in total. The first kappa shape index (κ1) is 21.1. The molecule has 1 saturated carbocycles. The SMILES string of the molecule is Cc1cc(NC(=O)C2(NC(=O)c3ccc(Br)s3)CCC2)ccc1C(=O)N1CCCC1. The van der Waals surface area contributed by atoms with E-state index in [2.05, 4.69) is 26.6 Å². The van der Waals surface area contributed by atoms with Crippen molar-refractivity contribution in [2.45, 2.75) is 44.6 Å². The van der Waals surface area contributed by atoms with E-state index in [0.717, 1.165) is 41.7 Å². The second kappa shape index (κ2) is 8.51. The summed E-state index contributed by atoms with van der Waals surface area (Å²) < 4.78 is 0.874. The van der Waals surface area contributed by atoms with Crippen LogP contribution >= 0.6 is 27.3 Å². The first-order chi connectivity index (χ1) is 14.4. The fourth-order valence-corrected chi connectivity index (χ4v) is 5.26. The molecule has 1 aromatic carbocycles. The van der Waals surface area contributed by atoms with Crippen LogP contribution in [0.15, 0.2) is 34.1 Å². The maximum absolute atomic E-state index is 13.0. The molecule has 1 aliphatic carbocycles. The number of likely N-dealkylation sites (tertiary alicyclic amines) is 1. The van der Waals surface area contributed by atoms with Crippen molar-refractivity contribution < 1.29 is 14.4 Å².